The first-order chi connectivity index (χ1) is 3.91. The fraction of sp³-hybridized carbons (Fsp3) is 0.286. The van der Waals surface area contributed by atoms with E-state index in [1.165, 1.54) is 6.92 Å². The highest BCUT2D eigenvalue weighted by molar-refractivity contribution is 5.11. The zero-order chi connectivity index (χ0) is 6.24. The first-order valence-corrected chi connectivity index (χ1v) is 2.54. The smallest absolute Gasteiger partial charge is 0.0587 e. The molecule has 0 aliphatic heterocycles. The van der Waals surface area contributed by atoms with Gasteiger partial charge in [-0.3, -0.25) is 0 Å². The topological polar surface area (TPSA) is 23.8 Å². The van der Waals surface area contributed by atoms with Gasteiger partial charge in [-0.05, 0) is 6.42 Å². The average molecular weight is 107 g/mol. The molecule has 0 N–H and O–H groups in total. The highest BCUT2D eigenvalue weighted by Gasteiger charge is 1.72. The Kier molecular flexibility index (Phi) is 5.20. The Morgan fingerprint density at radius 2 is 1.75 bits per heavy atom. The van der Waals surface area contributed by atoms with E-state index in [1.807, 2.05) is 0 Å². The first-order valence-electron chi connectivity index (χ1n) is 2.54. The summed E-state index contributed by atoms with van der Waals surface area (Å²) in [5, 5.41) is 7.32. The van der Waals surface area contributed by atoms with Gasteiger partial charge in [-0.25, -0.2) is 0 Å². The van der Waals surface area contributed by atoms with Crippen molar-refractivity contribution in [1.29, 1.82) is 5.26 Å². The largest absolute Gasteiger partial charge is 0.199 e. The van der Waals surface area contributed by atoms with Crippen molar-refractivity contribution in [3.05, 3.63) is 24.3 Å². The molecule has 0 atom stereocenters. The summed E-state index contributed by atoms with van der Waals surface area (Å²) in [5.41, 5.74) is 0. The normalized spacial score (nSPS) is 12.0. The van der Waals surface area contributed by atoms with Crippen LogP contribution in [0.2, 0.25) is 0 Å². The number of hydrogen-bond acceptors (Lipinski definition) is 1. The van der Waals surface area contributed by atoms with E-state index in [0.29, 0.717) is 0 Å². The molecule has 8 heavy (non-hydrogen) atoms. The molecule has 0 aromatic rings. The van der Waals surface area contributed by atoms with Crippen molar-refractivity contribution in [2.45, 2.75) is 13.3 Å². The Bertz CT molecular complexity index is 116. The molecule has 0 bridgehead atoms. The first kappa shape index (κ1) is 6.97. The third-order valence-corrected chi connectivity index (χ3v) is 0.655. The highest BCUT2D eigenvalue weighted by Crippen LogP contribution is 1.93. The summed E-state index contributed by atoms with van der Waals surface area (Å²) in [6.07, 6.45) is 9.50. The third-order valence-electron chi connectivity index (χ3n) is 0.655. The molecule has 0 saturated heterocycles. The van der Waals surface area contributed by atoms with Crippen LogP contribution in [0.3, 0.4) is 0 Å². The van der Waals surface area contributed by atoms with Crippen molar-refractivity contribution >= 4 is 0 Å². The van der Waals surface area contributed by atoms with Gasteiger partial charge in [-0.1, -0.05) is 24.3 Å². The lowest BCUT2D eigenvalue weighted by molar-refractivity contribution is 1.45. The van der Waals surface area contributed by atoms with Gasteiger partial charge in [0.15, 0.2) is 0 Å². The molecule has 1 aliphatic carbocycles. The summed E-state index contributed by atoms with van der Waals surface area (Å²) in [6, 6.07) is 1.75. The predicted molar refractivity (Wildman–Crippen MR) is 34.2 cm³/mol. The molecule has 0 aromatic heterocycles. The number of rotatable bonds is 0. The number of nitriles is 1. The molecule has 1 nitrogen and oxygen atoms in total. The van der Waals surface area contributed by atoms with Crippen molar-refractivity contribution in [2.75, 3.05) is 0 Å². The summed E-state index contributed by atoms with van der Waals surface area (Å²) < 4.78 is 0. The molecule has 0 aromatic carbocycles. The minimum absolute atomic E-state index is 1.14. The van der Waals surface area contributed by atoms with Gasteiger partial charge in [-0.2, -0.15) is 5.26 Å². The highest BCUT2D eigenvalue weighted by atomic mass is 14.2. The van der Waals surface area contributed by atoms with E-state index in [1.54, 1.807) is 6.07 Å². The van der Waals surface area contributed by atoms with Crippen molar-refractivity contribution in [2.24, 2.45) is 0 Å². The van der Waals surface area contributed by atoms with Gasteiger partial charge >= 0.3 is 0 Å². The Balaban J connectivity index is 0.000000145. The second-order valence-corrected chi connectivity index (χ2v) is 1.32. The molecule has 1 aliphatic rings. The van der Waals surface area contributed by atoms with E-state index in [0.717, 1.165) is 6.42 Å². The van der Waals surface area contributed by atoms with Gasteiger partial charge in [0.05, 0.1) is 6.07 Å². The van der Waals surface area contributed by atoms with E-state index in [-0.39, 0.29) is 0 Å². The maximum Gasteiger partial charge on any atom is 0.0587 e. The maximum atomic E-state index is 7.32. The van der Waals surface area contributed by atoms with Crippen molar-refractivity contribution in [1.82, 2.24) is 0 Å². The van der Waals surface area contributed by atoms with Gasteiger partial charge in [0.2, 0.25) is 0 Å². The fourth-order valence-electron chi connectivity index (χ4n) is 0.393. The monoisotopic (exact) mass is 107 g/mol. The van der Waals surface area contributed by atoms with E-state index in [4.69, 9.17) is 5.26 Å². The Morgan fingerprint density at radius 1 is 1.38 bits per heavy atom. The average Bonchev–Trinajstić information content (AvgIpc) is 2.17. The molecule has 1 heteroatoms. The van der Waals surface area contributed by atoms with Gasteiger partial charge in [0, 0.05) is 6.92 Å². The number of allylic oxidation sites excluding steroid dienone is 4. The molecule has 42 valence electrons. The zero-order valence-electron chi connectivity index (χ0n) is 4.96. The number of nitrogens with zero attached hydrogens (tertiary/aromatic N) is 1. The second-order valence-electron chi connectivity index (χ2n) is 1.32. The molecule has 0 radical (unpaired) electrons. The Hall–Kier alpha value is -1.03. The van der Waals surface area contributed by atoms with E-state index >= 15 is 0 Å². The van der Waals surface area contributed by atoms with Crippen LogP contribution in [0.1, 0.15) is 13.3 Å². The third kappa shape index (κ3) is 4.97. The lowest BCUT2D eigenvalue weighted by Gasteiger charge is -1.57. The van der Waals surface area contributed by atoms with Crippen LogP contribution in [0, 0.1) is 11.3 Å². The van der Waals surface area contributed by atoms with Crippen LogP contribution in [0.25, 0.3) is 0 Å². The maximum absolute atomic E-state index is 7.32. The van der Waals surface area contributed by atoms with E-state index in [9.17, 15) is 0 Å². The summed E-state index contributed by atoms with van der Waals surface area (Å²) in [5.74, 6) is 0. The van der Waals surface area contributed by atoms with Crippen LogP contribution >= 0.6 is 0 Å². The quantitative estimate of drug-likeness (QED) is 0.464. The minimum atomic E-state index is 1.14. The summed E-state index contributed by atoms with van der Waals surface area (Å²) in [6.45, 7) is 1.43. The molecule has 0 saturated carbocycles. The Labute approximate surface area is 49.9 Å². The summed E-state index contributed by atoms with van der Waals surface area (Å²) in [7, 11) is 0. The standard InChI is InChI=1S/C5H6.C2H3N/c1-2-4-5-3-1;1-2-3/h1-4H,5H2;1H3. The van der Waals surface area contributed by atoms with Gasteiger partial charge in [0.1, 0.15) is 0 Å². The molecule has 0 spiro atoms. The van der Waals surface area contributed by atoms with E-state index in [2.05, 4.69) is 24.3 Å². The molecule has 1 rings (SSSR count). The van der Waals surface area contributed by atoms with Crippen LogP contribution in [0.5, 0.6) is 0 Å². The van der Waals surface area contributed by atoms with Crippen molar-refractivity contribution in [3.8, 4) is 6.07 Å². The van der Waals surface area contributed by atoms with E-state index < -0.39 is 0 Å². The molecular weight excluding hydrogens is 98.1 g/mol. The second kappa shape index (κ2) is 5.97. The molecular formula is C7H9N. The molecule has 0 amide bonds. The summed E-state index contributed by atoms with van der Waals surface area (Å²) in [4.78, 5) is 0. The molecule has 0 unspecified atom stereocenters. The van der Waals surface area contributed by atoms with Crippen LogP contribution in [-0.4, -0.2) is 0 Å². The van der Waals surface area contributed by atoms with Gasteiger partial charge in [0.25, 0.3) is 0 Å². The SMILES string of the molecule is C1=CCC=C1.CC#N. The predicted octanol–water partition coefficient (Wildman–Crippen LogP) is 2.03. The van der Waals surface area contributed by atoms with Gasteiger partial charge < -0.3 is 0 Å². The zero-order valence-corrected chi connectivity index (χ0v) is 4.96. The molecule has 0 fully saturated rings. The Morgan fingerprint density at radius 3 is 1.88 bits per heavy atom. The van der Waals surface area contributed by atoms with Crippen LogP contribution in [-0.2, 0) is 0 Å². The van der Waals surface area contributed by atoms with Crippen molar-refractivity contribution < 1.29 is 0 Å². The summed E-state index contributed by atoms with van der Waals surface area (Å²) >= 11 is 0. The van der Waals surface area contributed by atoms with Crippen LogP contribution < -0.4 is 0 Å². The van der Waals surface area contributed by atoms with Crippen LogP contribution in [0.15, 0.2) is 24.3 Å². The lowest BCUT2D eigenvalue weighted by Crippen LogP contribution is -1.37. The van der Waals surface area contributed by atoms with Gasteiger partial charge in [-0.15, -0.1) is 0 Å². The lowest BCUT2D eigenvalue weighted by atomic mass is 10.5. The molecule has 0 heterocycles. The number of hydrogen-bond donors (Lipinski definition) is 0. The van der Waals surface area contributed by atoms with Crippen LogP contribution in [0.4, 0.5) is 0 Å². The minimum Gasteiger partial charge on any atom is -0.199 e. The fourth-order valence-corrected chi connectivity index (χ4v) is 0.393. The van der Waals surface area contributed by atoms with Crippen molar-refractivity contribution in [3.63, 3.8) is 0 Å².